The van der Waals surface area contributed by atoms with E-state index in [4.69, 9.17) is 0 Å². The van der Waals surface area contributed by atoms with E-state index in [0.717, 1.165) is 37.0 Å². The zero-order valence-electron chi connectivity index (χ0n) is 16.6. The van der Waals surface area contributed by atoms with Gasteiger partial charge < -0.3 is 4.98 Å². The molecule has 156 valence electrons. The van der Waals surface area contributed by atoms with Crippen molar-refractivity contribution >= 4 is 40.4 Å². The van der Waals surface area contributed by atoms with E-state index in [0.29, 0.717) is 0 Å². The number of aromatic amines is 1. The minimum atomic E-state index is -4.57. The van der Waals surface area contributed by atoms with Gasteiger partial charge in [-0.3, -0.25) is 13.9 Å². The van der Waals surface area contributed by atoms with Gasteiger partial charge in [-0.25, -0.2) is 0 Å². The van der Waals surface area contributed by atoms with E-state index in [9.17, 15) is 22.8 Å². The zero-order chi connectivity index (χ0) is 21.5. The number of benzene rings is 1. The first-order valence-electron chi connectivity index (χ1n) is 8.81. The number of thioether (sulfide) groups is 1. The number of H-pyrrole nitrogens is 1. The van der Waals surface area contributed by atoms with Crippen molar-refractivity contribution in [1.82, 2.24) is 9.29 Å². The van der Waals surface area contributed by atoms with Crippen LogP contribution in [0.5, 0.6) is 0 Å². The number of pyridine rings is 1. The fourth-order valence-electron chi connectivity index (χ4n) is 2.59. The number of para-hydroxylation sites is 1. The maximum Gasteiger partial charge on any atom is 0.418 e. The smallest absolute Gasteiger partial charge is 0.348 e. The molecule has 0 unspecified atom stereocenters. The first kappa shape index (κ1) is 24.6. The fourth-order valence-corrected chi connectivity index (χ4v) is 3.96. The minimum absolute atomic E-state index is 0.107. The summed E-state index contributed by atoms with van der Waals surface area (Å²) in [6.07, 6.45) is -2.99. The van der Waals surface area contributed by atoms with Gasteiger partial charge in [0.2, 0.25) is 5.43 Å². The van der Waals surface area contributed by atoms with Crippen LogP contribution in [0.1, 0.15) is 43.6 Å². The van der Waals surface area contributed by atoms with E-state index in [2.05, 4.69) is 30.1 Å². The molecule has 1 aromatic carbocycles. The van der Waals surface area contributed by atoms with Crippen LogP contribution in [0.15, 0.2) is 28.0 Å². The average Bonchev–Trinajstić information content (AvgIpc) is 2.64. The molecule has 1 aromatic heterocycles. The van der Waals surface area contributed by atoms with E-state index < -0.39 is 23.0 Å². The largest absolute Gasteiger partial charge is 0.418 e. The predicted molar refractivity (Wildman–Crippen MR) is 112 cm³/mol. The summed E-state index contributed by atoms with van der Waals surface area (Å²) in [5, 5.41) is 0.00882. The molecular formula is C19H25F3N2O2S2. The number of ketones is 1. The molecule has 0 saturated carbocycles. The average molecular weight is 435 g/mol. The summed E-state index contributed by atoms with van der Waals surface area (Å²) in [7, 11) is 0. The number of nitrogens with one attached hydrogen (secondary N) is 1. The zero-order valence-corrected chi connectivity index (χ0v) is 18.2. The maximum absolute atomic E-state index is 12.9. The lowest BCUT2D eigenvalue weighted by Crippen LogP contribution is -2.18. The molecule has 2 rings (SSSR count). The topological polar surface area (TPSA) is 53.2 Å². The van der Waals surface area contributed by atoms with Gasteiger partial charge in [0.25, 0.3) is 0 Å². The van der Waals surface area contributed by atoms with Crippen molar-refractivity contribution < 1.29 is 18.0 Å². The van der Waals surface area contributed by atoms with Crippen molar-refractivity contribution in [2.45, 2.75) is 38.9 Å². The SMILES string of the molecule is CCSN(CC)CC.CSc1[nH]c2c(C(F)(F)F)cccc2c(=O)c1C(C)=O. The van der Waals surface area contributed by atoms with E-state index in [1.54, 1.807) is 6.26 Å². The lowest BCUT2D eigenvalue weighted by atomic mass is 10.1. The number of Topliss-reactive ketones (excluding diaryl/α,β-unsaturated/α-hetero) is 1. The first-order chi connectivity index (χ1) is 13.1. The van der Waals surface area contributed by atoms with E-state index in [1.807, 2.05) is 11.9 Å². The predicted octanol–water partition coefficient (Wildman–Crippen LogP) is 5.47. The quantitative estimate of drug-likeness (QED) is 0.371. The second-order valence-electron chi connectivity index (χ2n) is 5.68. The van der Waals surface area contributed by atoms with Gasteiger partial charge in [0.15, 0.2) is 5.78 Å². The molecule has 0 aliphatic heterocycles. The van der Waals surface area contributed by atoms with Gasteiger partial charge in [0.05, 0.1) is 21.7 Å². The highest BCUT2D eigenvalue weighted by Gasteiger charge is 2.33. The molecule has 0 saturated heterocycles. The number of alkyl halides is 3. The molecule has 0 atom stereocenters. The Morgan fingerprint density at radius 1 is 1.18 bits per heavy atom. The molecule has 2 aromatic rings. The van der Waals surface area contributed by atoms with Gasteiger partial charge in [0.1, 0.15) is 0 Å². The molecular weight excluding hydrogens is 409 g/mol. The fraction of sp³-hybridized carbons (Fsp3) is 0.474. The number of aromatic nitrogens is 1. The van der Waals surface area contributed by atoms with Crippen LogP contribution in [0.4, 0.5) is 13.2 Å². The van der Waals surface area contributed by atoms with Crippen molar-refractivity contribution in [2.24, 2.45) is 0 Å². The summed E-state index contributed by atoms with van der Waals surface area (Å²) >= 11 is 2.94. The molecule has 4 nitrogen and oxygen atoms in total. The molecule has 0 aliphatic carbocycles. The number of carbonyl (C=O) groups is 1. The summed E-state index contributed by atoms with van der Waals surface area (Å²) in [6, 6.07) is 3.33. The lowest BCUT2D eigenvalue weighted by Gasteiger charge is -2.14. The Morgan fingerprint density at radius 2 is 1.79 bits per heavy atom. The highest BCUT2D eigenvalue weighted by atomic mass is 32.2. The Balaban J connectivity index is 0.000000416. The van der Waals surface area contributed by atoms with Gasteiger partial charge in [0, 0.05) is 24.2 Å². The van der Waals surface area contributed by atoms with Crippen LogP contribution in [0.25, 0.3) is 10.9 Å². The molecule has 0 radical (unpaired) electrons. The molecule has 0 bridgehead atoms. The third-order valence-corrected chi connectivity index (χ3v) is 5.73. The Bertz CT molecular complexity index is 863. The number of fused-ring (bicyclic) bond motifs is 1. The standard InChI is InChI=1S/C13H10F3NO2S.C6H15NS/c1-6(18)9-11(19)7-4-3-5-8(13(14,15)16)10(7)17-12(9)20-2;1-4-7(5-2)8-6-3/h3-5H,1-2H3,(H,17,19);4-6H2,1-3H3. The maximum atomic E-state index is 12.9. The summed E-state index contributed by atoms with van der Waals surface area (Å²) in [5.74, 6) is 0.719. The normalized spacial score (nSPS) is 11.5. The first-order valence-corrected chi connectivity index (χ1v) is 11.0. The number of hydrogen-bond acceptors (Lipinski definition) is 5. The summed E-state index contributed by atoms with van der Waals surface area (Å²) < 4.78 is 41.2. The summed E-state index contributed by atoms with van der Waals surface area (Å²) in [5.41, 5.74) is -2.00. The second kappa shape index (κ2) is 10.9. The van der Waals surface area contributed by atoms with Gasteiger partial charge in [-0.2, -0.15) is 13.2 Å². The van der Waals surface area contributed by atoms with Crippen LogP contribution in [-0.4, -0.2) is 40.2 Å². The van der Waals surface area contributed by atoms with Crippen LogP contribution < -0.4 is 5.43 Å². The number of hydrogen-bond donors (Lipinski definition) is 1. The Kier molecular flexibility index (Phi) is 9.59. The highest BCUT2D eigenvalue weighted by Crippen LogP contribution is 2.34. The third kappa shape index (κ3) is 6.02. The molecule has 1 N–H and O–H groups in total. The van der Waals surface area contributed by atoms with Crippen LogP contribution in [-0.2, 0) is 6.18 Å². The molecule has 1 heterocycles. The summed E-state index contributed by atoms with van der Waals surface area (Å²) in [6.45, 7) is 10.1. The van der Waals surface area contributed by atoms with Crippen LogP contribution in [0.3, 0.4) is 0 Å². The van der Waals surface area contributed by atoms with Crippen molar-refractivity contribution in [3.63, 3.8) is 0 Å². The molecule has 9 heteroatoms. The molecule has 0 aliphatic rings. The van der Waals surface area contributed by atoms with Crippen LogP contribution in [0.2, 0.25) is 0 Å². The molecule has 28 heavy (non-hydrogen) atoms. The summed E-state index contributed by atoms with van der Waals surface area (Å²) in [4.78, 5) is 26.3. The monoisotopic (exact) mass is 434 g/mol. The van der Waals surface area contributed by atoms with Gasteiger partial charge in [-0.05, 0) is 25.3 Å². The van der Waals surface area contributed by atoms with Crippen LogP contribution >= 0.6 is 23.7 Å². The molecule has 0 fully saturated rings. The Morgan fingerprint density at radius 3 is 2.18 bits per heavy atom. The van der Waals surface area contributed by atoms with Gasteiger partial charge in [-0.1, -0.05) is 38.8 Å². The lowest BCUT2D eigenvalue weighted by molar-refractivity contribution is -0.136. The van der Waals surface area contributed by atoms with E-state index >= 15 is 0 Å². The van der Waals surface area contributed by atoms with Crippen molar-refractivity contribution in [1.29, 1.82) is 0 Å². The van der Waals surface area contributed by atoms with Gasteiger partial charge in [-0.15, -0.1) is 11.8 Å². The molecule has 0 amide bonds. The van der Waals surface area contributed by atoms with Crippen molar-refractivity contribution in [3.8, 4) is 0 Å². The Hall–Kier alpha value is -1.45. The number of rotatable bonds is 6. The third-order valence-electron chi connectivity index (χ3n) is 3.88. The van der Waals surface area contributed by atoms with Crippen molar-refractivity contribution in [3.05, 3.63) is 39.5 Å². The number of halogens is 3. The van der Waals surface area contributed by atoms with Crippen molar-refractivity contribution in [2.75, 3.05) is 25.1 Å². The Labute approximate surface area is 171 Å². The highest BCUT2D eigenvalue weighted by molar-refractivity contribution is 7.98. The van der Waals surface area contributed by atoms with Gasteiger partial charge >= 0.3 is 6.18 Å². The van der Waals surface area contributed by atoms with Crippen LogP contribution in [0, 0.1) is 0 Å². The minimum Gasteiger partial charge on any atom is -0.348 e. The van der Waals surface area contributed by atoms with E-state index in [-0.39, 0.29) is 21.5 Å². The van der Waals surface area contributed by atoms with E-state index in [1.165, 1.54) is 18.7 Å². The number of nitrogens with zero attached hydrogens (tertiary/aromatic N) is 1. The number of carbonyl (C=O) groups excluding carboxylic acids is 1. The second-order valence-corrected chi connectivity index (χ2v) is 7.84. The molecule has 0 spiro atoms.